The zero-order valence-electron chi connectivity index (χ0n) is 14.8. The van der Waals surface area contributed by atoms with E-state index in [1.807, 2.05) is 0 Å². The second-order valence-electron chi connectivity index (χ2n) is 5.41. The molecule has 0 fully saturated rings. The number of carbonyl (C=O) groups is 2. The van der Waals surface area contributed by atoms with Gasteiger partial charge in [-0.3, -0.25) is 4.79 Å². The highest BCUT2D eigenvalue weighted by Crippen LogP contribution is 2.30. The van der Waals surface area contributed by atoms with Crippen LogP contribution < -0.4 is 0 Å². The van der Waals surface area contributed by atoms with Crippen LogP contribution in [0.4, 0.5) is 26.3 Å². The first-order chi connectivity index (χ1) is 13.4. The molecule has 10 heteroatoms. The second-order valence-corrected chi connectivity index (χ2v) is 5.41. The van der Waals surface area contributed by atoms with Gasteiger partial charge in [-0.05, 0) is 30.3 Å². The van der Waals surface area contributed by atoms with Crippen molar-refractivity contribution in [2.75, 3.05) is 7.11 Å². The van der Waals surface area contributed by atoms with Crippen molar-refractivity contribution in [3.8, 4) is 6.07 Å². The third-order valence-electron chi connectivity index (χ3n) is 3.36. The van der Waals surface area contributed by atoms with E-state index in [1.54, 1.807) is 6.07 Å². The minimum atomic E-state index is -4.47. The number of Topliss-reactive ketones (excluding diaryl/α,β-unsaturated/α-hetero) is 1. The lowest BCUT2D eigenvalue weighted by atomic mass is 10.1. The summed E-state index contributed by atoms with van der Waals surface area (Å²) in [7, 11) is 1.11. The minimum Gasteiger partial charge on any atom is -0.465 e. The molecule has 154 valence electrons. The number of ether oxygens (including phenoxy) is 1. The van der Waals surface area contributed by atoms with E-state index in [0.717, 1.165) is 43.5 Å². The first-order valence-corrected chi connectivity index (χ1v) is 7.73. The molecule has 2 aromatic rings. The van der Waals surface area contributed by atoms with Crippen LogP contribution in [0.1, 0.15) is 38.3 Å². The number of halogens is 6. The number of nitriles is 1. The van der Waals surface area contributed by atoms with E-state index in [9.17, 15) is 35.9 Å². The normalized spacial score (nSPS) is 11.0. The molecule has 0 atom stereocenters. The molecule has 29 heavy (non-hydrogen) atoms. The number of benzene rings is 2. The SMILES string of the molecule is COC(=O)c1cccc(C(F)(F)F)c1.N#CCC(=O)c1cccc(C(F)(F)F)c1. The van der Waals surface area contributed by atoms with Crippen LogP contribution in [0.2, 0.25) is 0 Å². The van der Waals surface area contributed by atoms with Crippen molar-refractivity contribution in [1.29, 1.82) is 5.26 Å². The Hall–Kier alpha value is -3.35. The summed E-state index contributed by atoms with van der Waals surface area (Å²) in [6.45, 7) is 0. The van der Waals surface area contributed by atoms with E-state index in [1.165, 1.54) is 12.1 Å². The minimum absolute atomic E-state index is 0.0913. The fourth-order valence-corrected chi connectivity index (χ4v) is 1.98. The van der Waals surface area contributed by atoms with Crippen LogP contribution >= 0.6 is 0 Å². The van der Waals surface area contributed by atoms with Gasteiger partial charge in [0.05, 0.1) is 36.3 Å². The number of alkyl halides is 6. The van der Waals surface area contributed by atoms with E-state index in [2.05, 4.69) is 4.74 Å². The van der Waals surface area contributed by atoms with Gasteiger partial charge in [0.2, 0.25) is 0 Å². The van der Waals surface area contributed by atoms with Crippen LogP contribution in [-0.2, 0) is 17.1 Å². The topological polar surface area (TPSA) is 67.2 Å². The van der Waals surface area contributed by atoms with Gasteiger partial charge in [0, 0.05) is 5.56 Å². The first-order valence-electron chi connectivity index (χ1n) is 7.73. The zero-order valence-corrected chi connectivity index (χ0v) is 14.8. The monoisotopic (exact) mass is 417 g/mol. The fraction of sp³-hybridized carbons (Fsp3) is 0.211. The number of esters is 1. The van der Waals surface area contributed by atoms with Gasteiger partial charge in [0.25, 0.3) is 0 Å². The summed E-state index contributed by atoms with van der Waals surface area (Å²) in [6, 6.07) is 9.70. The molecule has 0 aromatic heterocycles. The second kappa shape index (κ2) is 9.73. The molecule has 0 amide bonds. The molecule has 0 aliphatic heterocycles. The molecule has 0 spiro atoms. The molecule has 0 heterocycles. The van der Waals surface area contributed by atoms with Crippen molar-refractivity contribution in [3.05, 3.63) is 70.8 Å². The first kappa shape index (κ1) is 23.7. The third kappa shape index (κ3) is 7.29. The molecular weight excluding hydrogens is 404 g/mol. The molecule has 0 saturated carbocycles. The van der Waals surface area contributed by atoms with E-state index >= 15 is 0 Å². The maximum absolute atomic E-state index is 12.2. The summed E-state index contributed by atoms with van der Waals surface area (Å²) < 4.78 is 77.6. The Morgan fingerprint density at radius 2 is 1.34 bits per heavy atom. The van der Waals surface area contributed by atoms with Gasteiger partial charge in [-0.15, -0.1) is 0 Å². The molecule has 4 nitrogen and oxygen atoms in total. The Labute approximate surface area is 161 Å². The number of rotatable bonds is 3. The summed E-state index contributed by atoms with van der Waals surface area (Å²) in [4.78, 5) is 22.0. The Morgan fingerprint density at radius 1 is 0.897 bits per heavy atom. The van der Waals surface area contributed by atoms with Crippen LogP contribution in [-0.4, -0.2) is 18.9 Å². The average Bonchev–Trinajstić information content (AvgIpc) is 2.67. The lowest BCUT2D eigenvalue weighted by molar-refractivity contribution is -0.138. The summed E-state index contributed by atoms with van der Waals surface area (Å²) in [5.41, 5.74) is -1.94. The van der Waals surface area contributed by atoms with Crippen LogP contribution in [0.3, 0.4) is 0 Å². The highest BCUT2D eigenvalue weighted by molar-refractivity contribution is 5.97. The van der Waals surface area contributed by atoms with Crippen molar-refractivity contribution >= 4 is 11.8 Å². The van der Waals surface area contributed by atoms with Crippen molar-refractivity contribution < 1.29 is 40.7 Å². The lowest BCUT2D eigenvalue weighted by Crippen LogP contribution is -2.08. The quantitative estimate of drug-likeness (QED) is 0.387. The molecule has 0 aliphatic rings. The van der Waals surface area contributed by atoms with Crippen molar-refractivity contribution in [2.24, 2.45) is 0 Å². The van der Waals surface area contributed by atoms with Crippen molar-refractivity contribution in [2.45, 2.75) is 18.8 Å². The predicted octanol–water partition coefficient (Wildman–Crippen LogP) is 5.29. The van der Waals surface area contributed by atoms with Gasteiger partial charge in [-0.1, -0.05) is 18.2 Å². The number of carbonyl (C=O) groups excluding carboxylic acids is 2. The van der Waals surface area contributed by atoms with Crippen molar-refractivity contribution in [1.82, 2.24) is 0 Å². The van der Waals surface area contributed by atoms with Crippen LogP contribution in [0.5, 0.6) is 0 Å². The van der Waals surface area contributed by atoms with Gasteiger partial charge in [0.1, 0.15) is 0 Å². The molecular formula is C19H13F6NO3. The van der Waals surface area contributed by atoms with E-state index in [4.69, 9.17) is 5.26 Å². The Kier molecular flexibility index (Phi) is 7.95. The predicted molar refractivity (Wildman–Crippen MR) is 88.8 cm³/mol. The van der Waals surface area contributed by atoms with Crippen molar-refractivity contribution in [3.63, 3.8) is 0 Å². The highest BCUT2D eigenvalue weighted by atomic mass is 19.4. The average molecular weight is 417 g/mol. The summed E-state index contributed by atoms with van der Waals surface area (Å²) >= 11 is 0. The number of hydrogen-bond donors (Lipinski definition) is 0. The third-order valence-corrected chi connectivity index (χ3v) is 3.36. The fourth-order valence-electron chi connectivity index (χ4n) is 1.98. The van der Waals surface area contributed by atoms with Crippen LogP contribution in [0.15, 0.2) is 48.5 Å². The largest absolute Gasteiger partial charge is 0.465 e. The van der Waals surface area contributed by atoms with E-state index in [0.29, 0.717) is 0 Å². The molecule has 0 aliphatic carbocycles. The number of nitrogens with zero attached hydrogens (tertiary/aromatic N) is 1. The molecule has 0 radical (unpaired) electrons. The smallest absolute Gasteiger partial charge is 0.416 e. The zero-order chi connectivity index (χ0) is 22.2. The molecule has 0 saturated heterocycles. The van der Waals surface area contributed by atoms with Gasteiger partial charge < -0.3 is 4.74 Å². The maximum atomic E-state index is 12.2. The Bertz CT molecular complexity index is 913. The van der Waals surface area contributed by atoms with Gasteiger partial charge in [0.15, 0.2) is 5.78 Å². The Balaban J connectivity index is 0.000000291. The van der Waals surface area contributed by atoms with Gasteiger partial charge in [-0.25, -0.2) is 4.79 Å². The number of ketones is 1. The molecule has 2 aromatic carbocycles. The number of methoxy groups -OCH3 is 1. The summed E-state index contributed by atoms with van der Waals surface area (Å²) in [5.74, 6) is -1.39. The van der Waals surface area contributed by atoms with Crippen LogP contribution in [0.25, 0.3) is 0 Å². The molecule has 2 rings (SSSR count). The highest BCUT2D eigenvalue weighted by Gasteiger charge is 2.31. The lowest BCUT2D eigenvalue weighted by Gasteiger charge is -2.07. The molecule has 0 N–H and O–H groups in total. The summed E-state index contributed by atoms with van der Waals surface area (Å²) in [6.07, 6.45) is -9.33. The molecule has 0 unspecified atom stereocenters. The molecule has 0 bridgehead atoms. The van der Waals surface area contributed by atoms with Gasteiger partial charge >= 0.3 is 18.3 Å². The summed E-state index contributed by atoms with van der Waals surface area (Å²) in [5, 5.41) is 8.23. The standard InChI is InChI=1S/C10H6F3NO.C9H7F3O2/c11-10(12,13)8-3-1-2-7(6-8)9(15)4-5-14;1-14-8(13)6-3-2-4-7(5-6)9(10,11)12/h1-3,6H,4H2;2-5H,1H3. The van der Waals surface area contributed by atoms with Crippen LogP contribution in [0, 0.1) is 11.3 Å². The Morgan fingerprint density at radius 3 is 1.76 bits per heavy atom. The van der Waals surface area contributed by atoms with E-state index < -0.39 is 41.7 Å². The van der Waals surface area contributed by atoms with E-state index in [-0.39, 0.29) is 11.1 Å². The van der Waals surface area contributed by atoms with Gasteiger partial charge in [-0.2, -0.15) is 31.6 Å². The number of hydrogen-bond acceptors (Lipinski definition) is 4. The maximum Gasteiger partial charge on any atom is 0.416 e.